The fourth-order valence-electron chi connectivity index (χ4n) is 10.3. The number of aromatic hydroxyl groups is 1. The largest absolute Gasteiger partial charge is 0.504 e. The maximum absolute atomic E-state index is 14.3. The lowest BCUT2D eigenvalue weighted by atomic mass is 9.31. The zero-order valence-electron chi connectivity index (χ0n) is 21.7. The summed E-state index contributed by atoms with van der Waals surface area (Å²) in [6.45, 7) is 4.32. The summed E-state index contributed by atoms with van der Waals surface area (Å²) in [6, 6.07) is 10.7. The number of benzene rings is 2. The Kier molecular flexibility index (Phi) is 4.36. The second kappa shape index (κ2) is 7.08. The number of nitrogens with zero attached hydrogens (tertiary/aromatic N) is 1. The molecule has 37 heavy (non-hydrogen) atoms. The number of hydrogen-bond donors (Lipinski definition) is 2. The first-order valence-corrected chi connectivity index (χ1v) is 14.0. The van der Waals surface area contributed by atoms with Crippen molar-refractivity contribution in [3.63, 3.8) is 0 Å². The molecule has 7 atom stereocenters. The third-order valence-electron chi connectivity index (χ3n) is 11.9. The van der Waals surface area contributed by atoms with Gasteiger partial charge >= 0.3 is 0 Å². The zero-order valence-corrected chi connectivity index (χ0v) is 21.7. The Hall–Kier alpha value is -2.15. The van der Waals surface area contributed by atoms with Gasteiger partial charge in [0.05, 0.1) is 6.10 Å². The van der Waals surface area contributed by atoms with Gasteiger partial charge in [0.2, 0.25) is 0 Å². The van der Waals surface area contributed by atoms with Crippen molar-refractivity contribution in [2.75, 3.05) is 20.2 Å². The monoisotopic (exact) mass is 505 g/mol. The number of halogens is 1. The number of hydrogen-bond acceptors (Lipinski definition) is 5. The molecule has 0 amide bonds. The number of phenolic OH excluding ortho intramolecular Hbond substituents is 1. The highest BCUT2D eigenvalue weighted by Crippen LogP contribution is 2.80. The number of aliphatic hydroxyl groups is 1. The van der Waals surface area contributed by atoms with Crippen LogP contribution in [0.1, 0.15) is 68.2 Å². The molecule has 2 aromatic carbocycles. The SMILES string of the molecule is CO[C@]12CC[C@@]3(C[C@]1(C)[C@@H](O)c1cccc(F)c1)[C@H]1Cc4ccc(O)c5c4[C@@]3(CCN1CC1CC1)[C@H]2O5. The summed E-state index contributed by atoms with van der Waals surface area (Å²) in [4.78, 5) is 2.76. The third kappa shape index (κ3) is 2.47. The first-order chi connectivity index (χ1) is 17.8. The van der Waals surface area contributed by atoms with E-state index in [0.29, 0.717) is 17.4 Å². The normalized spacial score (nSPS) is 41.8. The molecule has 1 saturated heterocycles. The predicted molar refractivity (Wildman–Crippen MR) is 136 cm³/mol. The van der Waals surface area contributed by atoms with E-state index < -0.39 is 17.1 Å². The van der Waals surface area contributed by atoms with Crippen LogP contribution in [0.3, 0.4) is 0 Å². The predicted octanol–water partition coefficient (Wildman–Crippen LogP) is 4.88. The summed E-state index contributed by atoms with van der Waals surface area (Å²) in [5, 5.41) is 23.1. The smallest absolute Gasteiger partial charge is 0.165 e. The van der Waals surface area contributed by atoms with Crippen molar-refractivity contribution in [2.24, 2.45) is 16.7 Å². The molecule has 4 bridgehead atoms. The molecule has 7 aliphatic rings. The minimum atomic E-state index is -0.905. The number of likely N-dealkylation sites (tertiary alicyclic amines) is 1. The van der Waals surface area contributed by atoms with Crippen LogP contribution in [-0.4, -0.2) is 53.1 Å². The standard InChI is InChI=1S/C31H36FNO4/c1-28(26(35)20-4-3-5-21(32)14-20)17-29-10-11-31(28,36-2)27-30(29)12-13-33(16-18-6-7-18)23(29)15-19-8-9-22(34)25(37-27)24(19)30/h3-5,8-9,14,18,23,26-27,34-35H,6-7,10-13,15-17H2,1-2H3/t23-,26+,27-,28-,29-,30+,31+/m1/s1. The summed E-state index contributed by atoms with van der Waals surface area (Å²) >= 11 is 0. The van der Waals surface area contributed by atoms with Crippen LogP contribution in [0.15, 0.2) is 36.4 Å². The highest BCUT2D eigenvalue weighted by Gasteiger charge is 2.84. The summed E-state index contributed by atoms with van der Waals surface area (Å²) < 4.78 is 27.8. The van der Waals surface area contributed by atoms with Gasteiger partial charge in [-0.05, 0) is 86.7 Å². The van der Waals surface area contributed by atoms with E-state index in [1.165, 1.54) is 36.1 Å². The van der Waals surface area contributed by atoms with Gasteiger partial charge in [-0.3, -0.25) is 4.90 Å². The fraction of sp³-hybridized carbons (Fsp3) is 0.613. The molecule has 2 heterocycles. The van der Waals surface area contributed by atoms with Crippen LogP contribution >= 0.6 is 0 Å². The summed E-state index contributed by atoms with van der Waals surface area (Å²) in [6.07, 6.45) is 5.91. The molecule has 0 aromatic heterocycles. The topological polar surface area (TPSA) is 62.2 Å². The van der Waals surface area contributed by atoms with Crippen LogP contribution in [0.5, 0.6) is 11.5 Å². The van der Waals surface area contributed by atoms with Gasteiger partial charge in [-0.25, -0.2) is 4.39 Å². The van der Waals surface area contributed by atoms with Crippen LogP contribution in [0.4, 0.5) is 4.39 Å². The maximum Gasteiger partial charge on any atom is 0.165 e. The van der Waals surface area contributed by atoms with Crippen molar-refractivity contribution in [1.82, 2.24) is 4.90 Å². The Morgan fingerprint density at radius 1 is 1.19 bits per heavy atom. The van der Waals surface area contributed by atoms with E-state index >= 15 is 0 Å². The minimum Gasteiger partial charge on any atom is -0.504 e. The van der Waals surface area contributed by atoms with Crippen molar-refractivity contribution in [3.8, 4) is 11.5 Å². The van der Waals surface area contributed by atoms with Crippen LogP contribution < -0.4 is 4.74 Å². The van der Waals surface area contributed by atoms with Gasteiger partial charge in [-0.2, -0.15) is 0 Å². The Morgan fingerprint density at radius 3 is 2.78 bits per heavy atom. The van der Waals surface area contributed by atoms with Gasteiger partial charge < -0.3 is 19.7 Å². The first-order valence-electron chi connectivity index (χ1n) is 14.0. The van der Waals surface area contributed by atoms with Crippen LogP contribution in [0.25, 0.3) is 0 Å². The Bertz CT molecular complexity index is 1310. The molecule has 5 fully saturated rings. The Morgan fingerprint density at radius 2 is 2.03 bits per heavy atom. The third-order valence-corrected chi connectivity index (χ3v) is 11.9. The Labute approximate surface area is 217 Å². The summed E-state index contributed by atoms with van der Waals surface area (Å²) in [7, 11) is 1.75. The molecule has 2 spiro atoms. The Balaban J connectivity index is 1.36. The number of rotatable bonds is 5. The van der Waals surface area contributed by atoms with Gasteiger partial charge in [0.25, 0.3) is 0 Å². The molecule has 4 saturated carbocycles. The van der Waals surface area contributed by atoms with Crippen LogP contribution in [0, 0.1) is 22.6 Å². The van der Waals surface area contributed by atoms with E-state index in [-0.39, 0.29) is 28.5 Å². The van der Waals surface area contributed by atoms with Gasteiger partial charge in [-0.15, -0.1) is 0 Å². The number of ether oxygens (including phenoxy) is 2. The molecule has 5 aliphatic carbocycles. The van der Waals surface area contributed by atoms with E-state index in [4.69, 9.17) is 9.47 Å². The van der Waals surface area contributed by atoms with Crippen molar-refractivity contribution in [2.45, 2.75) is 81.1 Å². The lowest BCUT2D eigenvalue weighted by Gasteiger charge is -2.76. The molecule has 9 rings (SSSR count). The van der Waals surface area contributed by atoms with Gasteiger partial charge in [0.1, 0.15) is 17.5 Å². The molecular formula is C31H36FNO4. The highest BCUT2D eigenvalue weighted by molar-refractivity contribution is 5.63. The van der Waals surface area contributed by atoms with E-state index in [1.54, 1.807) is 19.2 Å². The molecule has 2 aromatic rings. The molecule has 5 nitrogen and oxygen atoms in total. The second-order valence-electron chi connectivity index (χ2n) is 13.1. The summed E-state index contributed by atoms with van der Waals surface area (Å²) in [5.74, 6) is 1.29. The van der Waals surface area contributed by atoms with Gasteiger partial charge in [-0.1, -0.05) is 25.1 Å². The molecular weight excluding hydrogens is 469 g/mol. The fourth-order valence-corrected chi connectivity index (χ4v) is 10.3. The molecule has 2 aliphatic heterocycles. The average Bonchev–Trinajstić information content (AvgIpc) is 3.63. The maximum atomic E-state index is 14.3. The van der Waals surface area contributed by atoms with Crippen LogP contribution in [0.2, 0.25) is 0 Å². The van der Waals surface area contributed by atoms with Crippen LogP contribution in [-0.2, 0) is 16.6 Å². The molecule has 0 unspecified atom stereocenters. The zero-order chi connectivity index (χ0) is 25.4. The van der Waals surface area contributed by atoms with Crippen molar-refractivity contribution in [1.29, 1.82) is 0 Å². The van der Waals surface area contributed by atoms with E-state index in [9.17, 15) is 14.6 Å². The van der Waals surface area contributed by atoms with Crippen molar-refractivity contribution >= 4 is 0 Å². The lowest BCUT2D eigenvalue weighted by Crippen LogP contribution is -2.83. The van der Waals surface area contributed by atoms with Gasteiger partial charge in [0, 0.05) is 41.5 Å². The van der Waals surface area contributed by atoms with E-state index in [1.807, 2.05) is 6.07 Å². The molecule has 6 heteroatoms. The molecule has 196 valence electrons. The van der Waals surface area contributed by atoms with Crippen molar-refractivity contribution in [3.05, 3.63) is 58.9 Å². The minimum absolute atomic E-state index is 0.111. The molecule has 2 N–H and O–H groups in total. The summed E-state index contributed by atoms with van der Waals surface area (Å²) in [5.41, 5.74) is 1.27. The second-order valence-corrected chi connectivity index (χ2v) is 13.1. The number of fused-ring (bicyclic) bond motifs is 2. The quantitative estimate of drug-likeness (QED) is 0.607. The number of piperidine rings is 1. The lowest BCUT2D eigenvalue weighted by molar-refractivity contribution is -0.324. The number of methoxy groups -OCH3 is 1. The van der Waals surface area contributed by atoms with E-state index in [0.717, 1.165) is 51.1 Å². The number of phenols is 1. The number of aliphatic hydroxyl groups excluding tert-OH is 1. The molecule has 0 radical (unpaired) electrons. The van der Waals surface area contributed by atoms with E-state index in [2.05, 4.69) is 17.9 Å². The average molecular weight is 506 g/mol. The first kappa shape index (κ1) is 22.8. The van der Waals surface area contributed by atoms with Crippen molar-refractivity contribution < 1.29 is 24.1 Å². The van der Waals surface area contributed by atoms with Gasteiger partial charge in [0.15, 0.2) is 11.5 Å². The highest BCUT2D eigenvalue weighted by atomic mass is 19.1.